The van der Waals surface area contributed by atoms with Gasteiger partial charge in [0.2, 0.25) is 0 Å². The molecule has 1 aromatic carbocycles. The lowest BCUT2D eigenvalue weighted by Gasteiger charge is -2.23. The molecule has 116 valence electrons. The number of amides is 2. The number of nitrogens with one attached hydrogen (secondary N) is 1. The van der Waals surface area contributed by atoms with Gasteiger partial charge in [-0.2, -0.15) is 0 Å². The van der Waals surface area contributed by atoms with Gasteiger partial charge in [-0.05, 0) is 52.4 Å². The van der Waals surface area contributed by atoms with Crippen molar-refractivity contribution in [2.75, 3.05) is 25.6 Å². The van der Waals surface area contributed by atoms with Crippen molar-refractivity contribution in [2.24, 2.45) is 0 Å². The minimum atomic E-state index is -0.150. The number of anilines is 1. The second-order valence-electron chi connectivity index (χ2n) is 4.72. The molecule has 0 aliphatic carbocycles. The normalized spacial score (nSPS) is 10.3. The van der Waals surface area contributed by atoms with Crippen LogP contribution in [0.25, 0.3) is 0 Å². The Labute approximate surface area is 143 Å². The first-order chi connectivity index (χ1) is 10.7. The van der Waals surface area contributed by atoms with E-state index in [0.29, 0.717) is 19.7 Å². The zero-order valence-corrected chi connectivity index (χ0v) is 14.5. The third-order valence-corrected chi connectivity index (χ3v) is 3.70. The maximum Gasteiger partial charge on any atom is 0.322 e. The number of methoxy groups -OCH3 is 1. The number of aromatic nitrogens is 1. The summed E-state index contributed by atoms with van der Waals surface area (Å²) in [6.07, 6.45) is 3.48. The highest BCUT2D eigenvalue weighted by Gasteiger charge is 2.14. The number of nitrogens with zero attached hydrogens (tertiary/aromatic N) is 2. The molecule has 2 aromatic rings. The molecular formula is C16H18IN3O2. The van der Waals surface area contributed by atoms with Crippen LogP contribution in [0, 0.1) is 3.57 Å². The van der Waals surface area contributed by atoms with Crippen LogP contribution in [0.2, 0.25) is 0 Å². The van der Waals surface area contributed by atoms with Crippen molar-refractivity contribution in [3.8, 4) is 0 Å². The van der Waals surface area contributed by atoms with E-state index < -0.39 is 0 Å². The van der Waals surface area contributed by atoms with Gasteiger partial charge in [-0.25, -0.2) is 4.79 Å². The maximum atomic E-state index is 12.5. The number of hydrogen-bond acceptors (Lipinski definition) is 3. The molecule has 0 aliphatic rings. The number of carbonyl (C=O) groups is 1. The number of rotatable bonds is 6. The van der Waals surface area contributed by atoms with Crippen LogP contribution in [0.4, 0.5) is 10.5 Å². The molecule has 2 rings (SSSR count). The van der Waals surface area contributed by atoms with Gasteiger partial charge in [0.25, 0.3) is 0 Å². The summed E-state index contributed by atoms with van der Waals surface area (Å²) >= 11 is 2.22. The Morgan fingerprint density at radius 2 is 2.23 bits per heavy atom. The van der Waals surface area contributed by atoms with Crippen LogP contribution in [0.5, 0.6) is 0 Å². The summed E-state index contributed by atoms with van der Waals surface area (Å²) < 4.78 is 6.17. The van der Waals surface area contributed by atoms with Crippen LogP contribution in [0.3, 0.4) is 0 Å². The fourth-order valence-electron chi connectivity index (χ4n) is 1.93. The monoisotopic (exact) mass is 411 g/mol. The van der Waals surface area contributed by atoms with E-state index in [1.807, 2.05) is 36.4 Å². The Hall–Kier alpha value is -1.67. The van der Waals surface area contributed by atoms with Crippen LogP contribution in [0.15, 0.2) is 48.8 Å². The lowest BCUT2D eigenvalue weighted by Crippen LogP contribution is -2.36. The van der Waals surface area contributed by atoms with Crippen molar-refractivity contribution in [3.63, 3.8) is 0 Å². The van der Waals surface area contributed by atoms with E-state index in [-0.39, 0.29) is 6.03 Å². The number of pyridine rings is 1. The average molecular weight is 411 g/mol. The number of halogens is 1. The molecule has 0 fully saturated rings. The SMILES string of the molecule is COCCN(Cc1cccnc1)C(=O)Nc1cccc(I)c1. The van der Waals surface area contributed by atoms with E-state index in [0.717, 1.165) is 14.8 Å². The quantitative estimate of drug-likeness (QED) is 0.742. The molecule has 0 atom stereocenters. The van der Waals surface area contributed by atoms with Gasteiger partial charge in [0.15, 0.2) is 0 Å². The molecule has 0 radical (unpaired) electrons. The largest absolute Gasteiger partial charge is 0.383 e. The number of ether oxygens (including phenoxy) is 1. The van der Waals surface area contributed by atoms with Crippen molar-refractivity contribution in [2.45, 2.75) is 6.54 Å². The zero-order chi connectivity index (χ0) is 15.8. The second kappa shape index (κ2) is 8.70. The van der Waals surface area contributed by atoms with Crippen molar-refractivity contribution in [1.29, 1.82) is 0 Å². The standard InChI is InChI=1S/C16H18IN3O2/c1-22-9-8-20(12-13-4-3-7-18-11-13)16(21)19-15-6-2-5-14(17)10-15/h2-7,10-11H,8-9,12H2,1H3,(H,19,21). The van der Waals surface area contributed by atoms with Crippen LogP contribution in [0.1, 0.15) is 5.56 Å². The number of urea groups is 1. The molecule has 1 N–H and O–H groups in total. The lowest BCUT2D eigenvalue weighted by atomic mass is 10.2. The van der Waals surface area contributed by atoms with Gasteiger partial charge < -0.3 is 15.0 Å². The van der Waals surface area contributed by atoms with Gasteiger partial charge in [-0.1, -0.05) is 12.1 Å². The molecule has 0 saturated heterocycles. The molecule has 0 saturated carbocycles. The molecule has 2 amide bonds. The number of benzene rings is 1. The smallest absolute Gasteiger partial charge is 0.322 e. The van der Waals surface area contributed by atoms with Gasteiger partial charge in [0.05, 0.1) is 6.61 Å². The highest BCUT2D eigenvalue weighted by atomic mass is 127. The summed E-state index contributed by atoms with van der Waals surface area (Å²) in [4.78, 5) is 18.3. The summed E-state index contributed by atoms with van der Waals surface area (Å²) in [5.41, 5.74) is 1.77. The Kier molecular flexibility index (Phi) is 6.60. The molecule has 1 heterocycles. The first-order valence-corrected chi connectivity index (χ1v) is 7.96. The molecule has 0 bridgehead atoms. The van der Waals surface area contributed by atoms with E-state index >= 15 is 0 Å². The van der Waals surface area contributed by atoms with E-state index in [9.17, 15) is 4.79 Å². The summed E-state index contributed by atoms with van der Waals surface area (Å²) in [5, 5.41) is 2.92. The lowest BCUT2D eigenvalue weighted by molar-refractivity contribution is 0.153. The molecule has 1 aromatic heterocycles. The molecule has 0 spiro atoms. The predicted molar refractivity (Wildman–Crippen MR) is 94.7 cm³/mol. The summed E-state index contributed by atoms with van der Waals surface area (Å²) in [7, 11) is 1.62. The highest BCUT2D eigenvalue weighted by molar-refractivity contribution is 14.1. The third kappa shape index (κ3) is 5.27. The van der Waals surface area contributed by atoms with Gasteiger partial charge in [0, 0.05) is 41.9 Å². The summed E-state index contributed by atoms with van der Waals surface area (Å²) in [6, 6.07) is 11.4. The van der Waals surface area contributed by atoms with E-state index in [4.69, 9.17) is 4.74 Å². The van der Waals surface area contributed by atoms with Crippen molar-refractivity contribution >= 4 is 34.3 Å². The fraction of sp³-hybridized carbons (Fsp3) is 0.250. The molecular weight excluding hydrogens is 393 g/mol. The minimum Gasteiger partial charge on any atom is -0.383 e. The van der Waals surface area contributed by atoms with Crippen LogP contribution < -0.4 is 5.32 Å². The molecule has 5 nitrogen and oxygen atoms in total. The molecule has 0 unspecified atom stereocenters. The van der Waals surface area contributed by atoms with Crippen molar-refractivity contribution in [3.05, 3.63) is 57.9 Å². The number of hydrogen-bond donors (Lipinski definition) is 1. The molecule has 0 aliphatic heterocycles. The van der Waals surface area contributed by atoms with Gasteiger partial charge in [-0.3, -0.25) is 4.98 Å². The Morgan fingerprint density at radius 3 is 2.91 bits per heavy atom. The highest BCUT2D eigenvalue weighted by Crippen LogP contribution is 2.14. The van der Waals surface area contributed by atoms with Crippen LogP contribution >= 0.6 is 22.6 Å². The van der Waals surface area contributed by atoms with Gasteiger partial charge >= 0.3 is 6.03 Å². The first-order valence-electron chi connectivity index (χ1n) is 6.88. The Balaban J connectivity index is 2.05. The zero-order valence-electron chi connectivity index (χ0n) is 12.3. The van der Waals surface area contributed by atoms with Crippen molar-refractivity contribution < 1.29 is 9.53 Å². The third-order valence-electron chi connectivity index (χ3n) is 3.02. The topological polar surface area (TPSA) is 54.5 Å². The Morgan fingerprint density at radius 1 is 1.36 bits per heavy atom. The predicted octanol–water partition coefficient (Wildman–Crippen LogP) is 3.37. The van der Waals surface area contributed by atoms with Crippen LogP contribution in [-0.2, 0) is 11.3 Å². The van der Waals surface area contributed by atoms with Crippen molar-refractivity contribution in [1.82, 2.24) is 9.88 Å². The summed E-state index contributed by atoms with van der Waals surface area (Å²) in [6.45, 7) is 1.49. The second-order valence-corrected chi connectivity index (χ2v) is 5.96. The van der Waals surface area contributed by atoms with Gasteiger partial charge in [0.1, 0.15) is 0 Å². The van der Waals surface area contributed by atoms with Gasteiger partial charge in [-0.15, -0.1) is 0 Å². The fourth-order valence-corrected chi connectivity index (χ4v) is 2.48. The average Bonchev–Trinajstić information content (AvgIpc) is 2.52. The maximum absolute atomic E-state index is 12.5. The minimum absolute atomic E-state index is 0.150. The van der Waals surface area contributed by atoms with E-state index in [1.165, 1.54) is 0 Å². The van der Waals surface area contributed by atoms with E-state index in [2.05, 4.69) is 32.9 Å². The van der Waals surface area contributed by atoms with E-state index in [1.54, 1.807) is 24.4 Å². The number of carbonyl (C=O) groups excluding carboxylic acids is 1. The molecule has 6 heteroatoms. The summed E-state index contributed by atoms with van der Waals surface area (Å²) in [5.74, 6) is 0. The Bertz CT molecular complexity index is 607. The van der Waals surface area contributed by atoms with Crippen LogP contribution in [-0.4, -0.2) is 36.2 Å². The first kappa shape index (κ1) is 16.7. The molecule has 22 heavy (non-hydrogen) atoms.